The first kappa shape index (κ1) is 30.2. The van der Waals surface area contributed by atoms with Gasteiger partial charge in [-0.15, -0.1) is 0 Å². The van der Waals surface area contributed by atoms with Gasteiger partial charge in [0.15, 0.2) is 0 Å². The largest absolute Gasteiger partial charge is 0.355 e. The fourth-order valence-electron chi connectivity index (χ4n) is 5.07. The van der Waals surface area contributed by atoms with Gasteiger partial charge in [-0.3, -0.25) is 14.4 Å². The molecule has 0 aliphatic heterocycles. The minimum absolute atomic E-state index is 0.0593. The fourth-order valence-corrected chi connectivity index (χ4v) is 7.56. The average Bonchev–Trinajstić information content (AvgIpc) is 3.29. The van der Waals surface area contributed by atoms with E-state index in [0.29, 0.717) is 31.4 Å². The molecule has 0 saturated carbocycles. The van der Waals surface area contributed by atoms with Crippen LogP contribution in [0.1, 0.15) is 40.7 Å². The first-order valence-corrected chi connectivity index (χ1v) is 18.1. The van der Waals surface area contributed by atoms with Gasteiger partial charge in [0.25, 0.3) is 5.91 Å². The molecule has 9 heteroatoms. The highest BCUT2D eigenvalue weighted by Gasteiger charge is 2.48. The van der Waals surface area contributed by atoms with Crippen LogP contribution in [0.25, 0.3) is 11.1 Å². The van der Waals surface area contributed by atoms with Crippen molar-refractivity contribution in [3.63, 3.8) is 0 Å². The Morgan fingerprint density at radius 3 is 1.95 bits per heavy atom. The first-order valence-electron chi connectivity index (χ1n) is 12.9. The normalized spacial score (nSPS) is 13.1. The van der Waals surface area contributed by atoms with Crippen molar-refractivity contribution in [2.75, 3.05) is 19.6 Å². The number of fused-ring (bicyclic) bond motifs is 3. The zero-order valence-electron chi connectivity index (χ0n) is 22.0. The lowest BCUT2D eigenvalue weighted by Gasteiger charge is -2.32. The van der Waals surface area contributed by atoms with E-state index < -0.39 is 48.6 Å². The van der Waals surface area contributed by atoms with Gasteiger partial charge in [-0.05, 0) is 53.6 Å². The Morgan fingerprint density at radius 1 is 0.775 bits per heavy atom. The summed E-state index contributed by atoms with van der Waals surface area (Å²) in [6.45, 7) is 0.234. The van der Waals surface area contributed by atoms with Gasteiger partial charge < -0.3 is 16.0 Å². The molecule has 0 saturated heterocycles. The Labute approximate surface area is 254 Å². The number of benzene rings is 3. The minimum atomic E-state index is -1.45. The van der Waals surface area contributed by atoms with Gasteiger partial charge in [0.05, 0.1) is 13.1 Å². The number of hydrogen-bond donors (Lipinski definition) is 3. The minimum Gasteiger partial charge on any atom is -0.355 e. The van der Waals surface area contributed by atoms with Crippen molar-refractivity contribution in [2.45, 2.75) is 26.4 Å². The molecule has 40 heavy (non-hydrogen) atoms. The molecular weight excluding hydrogens is 735 g/mol. The third kappa shape index (κ3) is 6.56. The maximum Gasteiger partial charge on any atom is 0.251 e. The second-order valence-electron chi connectivity index (χ2n) is 9.42. The highest BCUT2D eigenvalue weighted by molar-refractivity contribution is 14.3. The molecule has 0 unspecified atom stereocenters. The van der Waals surface area contributed by atoms with Crippen LogP contribution in [0.5, 0.6) is 0 Å². The second kappa shape index (κ2) is 13.7. The van der Waals surface area contributed by atoms with E-state index in [0.717, 1.165) is 22.3 Å². The van der Waals surface area contributed by atoms with Crippen molar-refractivity contribution in [3.8, 4) is 11.1 Å². The fraction of sp³-hybridized carbons (Fsp3) is 0.258. The smallest absolute Gasteiger partial charge is 0.251 e. The number of nitrogens with one attached hydrogen (secondary N) is 3. The molecule has 1 aliphatic carbocycles. The molecule has 4 rings (SSSR count). The molecule has 3 aromatic carbocycles. The Bertz CT molecular complexity index is 1360. The molecule has 0 atom stereocenters. The van der Waals surface area contributed by atoms with Crippen molar-refractivity contribution in [1.82, 2.24) is 16.0 Å². The molecule has 0 radical (unpaired) electrons. The maximum absolute atomic E-state index is 15.1. The van der Waals surface area contributed by atoms with Crippen LogP contribution in [0.15, 0.2) is 78.9 Å². The summed E-state index contributed by atoms with van der Waals surface area (Å²) in [5, 5.41) is 8.41. The van der Waals surface area contributed by atoms with Gasteiger partial charge in [-0.25, -0.2) is 4.39 Å². The lowest BCUT2D eigenvalue weighted by Crippen LogP contribution is -2.47. The van der Waals surface area contributed by atoms with Gasteiger partial charge in [-0.2, -0.15) is 0 Å². The van der Waals surface area contributed by atoms with E-state index in [4.69, 9.17) is 0 Å². The van der Waals surface area contributed by atoms with E-state index in [9.17, 15) is 14.4 Å². The number of carbonyl (C=O) groups is 3. The maximum atomic E-state index is 15.1. The van der Waals surface area contributed by atoms with Crippen LogP contribution in [-0.2, 0) is 15.0 Å². The van der Waals surface area contributed by atoms with Gasteiger partial charge in [0.1, 0.15) is 5.41 Å². The molecule has 210 valence electrons. The number of alkyl halides is 3. The Morgan fingerprint density at radius 2 is 1.35 bits per heavy atom. The zero-order chi connectivity index (χ0) is 28.6. The Kier molecular flexibility index (Phi) is 10.3. The molecule has 0 heterocycles. The van der Waals surface area contributed by atoms with E-state index in [2.05, 4.69) is 25.0 Å². The van der Waals surface area contributed by atoms with Crippen LogP contribution in [-0.4, -0.2) is 48.1 Å². The Hall–Kier alpha value is -2.80. The number of unbranched alkanes of at least 4 members (excludes halogenated alkanes) is 1. The van der Waals surface area contributed by atoms with Crippen LogP contribution < -0.4 is 16.0 Å². The predicted molar refractivity (Wildman–Crippen MR) is 177 cm³/mol. The standard InChI is InChI=1S/C31H32FI2N3O3/c1-33-31(32,34-2)21-37-29(40)30(25-16-8-6-14-23(25)24-15-7-9-17-26(24)30)18-10-11-19-35-27(38)20-36-28(39)22-12-4-3-5-13-22/h3-9,12-17H,1-2,10-11,18-21H2,(H,35,38)(H,36,39)(H,37,40). The molecule has 1 aliphatic rings. The van der Waals surface area contributed by atoms with Crippen molar-refractivity contribution in [1.29, 1.82) is 0 Å². The molecule has 3 N–H and O–H groups in total. The van der Waals surface area contributed by atoms with Gasteiger partial charge in [0, 0.05) is 12.1 Å². The van der Waals surface area contributed by atoms with Crippen LogP contribution in [0.4, 0.5) is 4.39 Å². The van der Waals surface area contributed by atoms with Gasteiger partial charge in [-0.1, -0.05) is 117 Å². The van der Waals surface area contributed by atoms with E-state index in [-0.39, 0.29) is 30.8 Å². The highest BCUT2D eigenvalue weighted by atomic mass is 127. The summed E-state index contributed by atoms with van der Waals surface area (Å²) in [7, 11) is 0. The number of hydrogen-bond acceptors (Lipinski definition) is 3. The topological polar surface area (TPSA) is 87.3 Å². The van der Waals surface area contributed by atoms with E-state index in [1.165, 1.54) is 0 Å². The quantitative estimate of drug-likeness (QED) is 0.127. The molecule has 3 amide bonds. The summed E-state index contributed by atoms with van der Waals surface area (Å²) in [6, 6.07) is 24.5. The molecule has 0 spiro atoms. The predicted octanol–water partition coefficient (Wildman–Crippen LogP) is 5.21. The summed E-state index contributed by atoms with van der Waals surface area (Å²) in [5.41, 5.74) is 3.39. The number of halogens is 3. The molecule has 6 nitrogen and oxygen atoms in total. The summed E-state index contributed by atoms with van der Waals surface area (Å²) in [5.74, 6) is -0.795. The van der Waals surface area contributed by atoms with Crippen molar-refractivity contribution >= 4 is 68.2 Å². The SMILES string of the molecule is C=IC(F)(CNC(=O)C1(CCCCNC(=O)CNC(=O)c2ccccc2)c2ccccc2-c2ccccc21)I=C. The van der Waals surface area contributed by atoms with Gasteiger partial charge >= 0.3 is 0 Å². The number of rotatable bonds is 13. The zero-order valence-corrected chi connectivity index (χ0v) is 26.3. The summed E-state index contributed by atoms with van der Waals surface area (Å²) in [6.07, 6.45) is 1.79. The van der Waals surface area contributed by atoms with Gasteiger partial charge in [0.2, 0.25) is 13.5 Å². The third-order valence-corrected chi connectivity index (χ3v) is 13.9. The molecule has 0 bridgehead atoms. The lowest BCUT2D eigenvalue weighted by molar-refractivity contribution is -0.125. The number of amides is 3. The van der Waals surface area contributed by atoms with E-state index in [1.807, 2.05) is 54.6 Å². The molecule has 3 aromatic rings. The van der Waals surface area contributed by atoms with Crippen LogP contribution in [0, 0.1) is 0 Å². The van der Waals surface area contributed by atoms with Crippen molar-refractivity contribution in [2.24, 2.45) is 0 Å². The van der Waals surface area contributed by atoms with Crippen molar-refractivity contribution < 1.29 is 18.8 Å². The monoisotopic (exact) mass is 767 g/mol. The second-order valence-corrected chi connectivity index (χ2v) is 16.4. The first-order chi connectivity index (χ1) is 19.3. The van der Waals surface area contributed by atoms with Crippen LogP contribution in [0.2, 0.25) is 0 Å². The third-order valence-electron chi connectivity index (χ3n) is 7.04. The molecule has 0 fully saturated rings. The summed E-state index contributed by atoms with van der Waals surface area (Å²) < 4.78 is 21.3. The Balaban J connectivity index is 1.43. The van der Waals surface area contributed by atoms with Crippen molar-refractivity contribution in [3.05, 3.63) is 95.6 Å². The molecule has 0 aromatic heterocycles. The van der Waals surface area contributed by atoms with E-state index in [1.54, 1.807) is 24.3 Å². The summed E-state index contributed by atoms with van der Waals surface area (Å²) in [4.78, 5) is 38.5. The summed E-state index contributed by atoms with van der Waals surface area (Å²) >= 11 is -1.93. The average molecular weight is 767 g/mol. The van der Waals surface area contributed by atoms with E-state index >= 15 is 4.39 Å². The van der Waals surface area contributed by atoms with Crippen LogP contribution >= 0.6 is 41.5 Å². The van der Waals surface area contributed by atoms with Crippen LogP contribution in [0.3, 0.4) is 0 Å². The lowest BCUT2D eigenvalue weighted by atomic mass is 9.73. The highest BCUT2D eigenvalue weighted by Crippen LogP contribution is 2.51. The molecular formula is C31H32FI2N3O3. The number of carbonyl (C=O) groups excluding carboxylic acids is 3.